The topological polar surface area (TPSA) is 85.9 Å². The molecule has 2 N–H and O–H groups in total. The second kappa shape index (κ2) is 6.61. The molecule has 0 fully saturated rings. The second-order valence-electron chi connectivity index (χ2n) is 5.64. The van der Waals surface area contributed by atoms with Crippen LogP contribution in [0.3, 0.4) is 0 Å². The Hall–Kier alpha value is -3.03. The first-order valence-corrected chi connectivity index (χ1v) is 7.72. The Labute approximate surface area is 138 Å². The normalized spacial score (nSPS) is 10.9. The van der Waals surface area contributed by atoms with Gasteiger partial charge in [-0.2, -0.15) is 0 Å². The number of anilines is 1. The van der Waals surface area contributed by atoms with Crippen molar-refractivity contribution < 1.29 is 4.79 Å². The van der Waals surface area contributed by atoms with Crippen molar-refractivity contribution in [1.82, 2.24) is 24.0 Å². The molecule has 0 aliphatic carbocycles. The fourth-order valence-electron chi connectivity index (χ4n) is 2.64. The number of hydrogen-bond acceptors (Lipinski definition) is 3. The predicted octanol–water partition coefficient (Wildman–Crippen LogP) is 1.29. The van der Waals surface area contributed by atoms with E-state index in [2.05, 4.69) is 15.6 Å². The molecule has 0 unspecified atom stereocenters. The van der Waals surface area contributed by atoms with Crippen LogP contribution in [0.2, 0.25) is 0 Å². The number of nitrogens with one attached hydrogen (secondary N) is 2. The second-order valence-corrected chi connectivity index (χ2v) is 5.64. The molecule has 2 heterocycles. The van der Waals surface area contributed by atoms with Crippen LogP contribution in [0.1, 0.15) is 6.42 Å². The maximum Gasteiger partial charge on any atom is 0.328 e. The van der Waals surface area contributed by atoms with E-state index < -0.39 is 0 Å². The highest BCUT2D eigenvalue weighted by molar-refractivity contribution is 5.92. The number of carbonyl (C=O) groups excluding carboxylic acids is 1. The van der Waals surface area contributed by atoms with Crippen molar-refractivity contribution in [2.24, 2.45) is 14.1 Å². The van der Waals surface area contributed by atoms with Crippen molar-refractivity contribution >= 4 is 22.8 Å². The summed E-state index contributed by atoms with van der Waals surface area (Å²) < 4.78 is 5.10. The number of rotatable bonds is 5. The van der Waals surface area contributed by atoms with Gasteiger partial charge in [-0.15, -0.1) is 0 Å². The van der Waals surface area contributed by atoms with Gasteiger partial charge in [0, 0.05) is 45.3 Å². The number of amides is 2. The van der Waals surface area contributed by atoms with E-state index in [0.29, 0.717) is 12.2 Å². The third-order valence-electron chi connectivity index (χ3n) is 3.97. The summed E-state index contributed by atoms with van der Waals surface area (Å²) in [5, 5.41) is 5.61. The van der Waals surface area contributed by atoms with Crippen LogP contribution in [0.25, 0.3) is 11.0 Å². The monoisotopic (exact) mass is 328 g/mol. The van der Waals surface area contributed by atoms with E-state index in [1.165, 1.54) is 0 Å². The summed E-state index contributed by atoms with van der Waals surface area (Å²) in [6.45, 7) is 1.37. The quantitative estimate of drug-likeness (QED) is 0.692. The van der Waals surface area contributed by atoms with Crippen molar-refractivity contribution in [3.05, 3.63) is 47.4 Å². The van der Waals surface area contributed by atoms with Crippen molar-refractivity contribution in [1.29, 1.82) is 0 Å². The van der Waals surface area contributed by atoms with Gasteiger partial charge in [0.05, 0.1) is 17.4 Å². The number of imidazole rings is 2. The fraction of sp³-hybridized carbons (Fsp3) is 0.312. The lowest BCUT2D eigenvalue weighted by Gasteiger charge is -2.08. The molecule has 126 valence electrons. The molecule has 24 heavy (non-hydrogen) atoms. The van der Waals surface area contributed by atoms with Crippen LogP contribution in [-0.2, 0) is 20.6 Å². The molecule has 2 aromatic heterocycles. The van der Waals surface area contributed by atoms with Crippen molar-refractivity contribution in [3.63, 3.8) is 0 Å². The van der Waals surface area contributed by atoms with Gasteiger partial charge in [-0.1, -0.05) is 0 Å². The maximum atomic E-state index is 12.0. The highest BCUT2D eigenvalue weighted by Crippen LogP contribution is 2.17. The van der Waals surface area contributed by atoms with Crippen LogP contribution in [0, 0.1) is 0 Å². The summed E-state index contributed by atoms with van der Waals surface area (Å²) in [5.41, 5.74) is 2.16. The van der Waals surface area contributed by atoms with Crippen LogP contribution in [-0.4, -0.2) is 31.3 Å². The summed E-state index contributed by atoms with van der Waals surface area (Å²) in [6, 6.07) is 5.14. The summed E-state index contributed by atoms with van der Waals surface area (Å²) in [4.78, 5) is 27.8. The maximum absolute atomic E-state index is 12.0. The third-order valence-corrected chi connectivity index (χ3v) is 3.97. The average Bonchev–Trinajstić information content (AvgIpc) is 3.16. The van der Waals surface area contributed by atoms with Gasteiger partial charge in [-0.05, 0) is 24.6 Å². The summed E-state index contributed by atoms with van der Waals surface area (Å²) in [5.74, 6) is 0. The molecule has 0 aliphatic rings. The van der Waals surface area contributed by atoms with Gasteiger partial charge in [0.2, 0.25) is 0 Å². The molecular weight excluding hydrogens is 308 g/mol. The average molecular weight is 328 g/mol. The molecule has 1 aromatic carbocycles. The van der Waals surface area contributed by atoms with E-state index >= 15 is 0 Å². The van der Waals surface area contributed by atoms with Gasteiger partial charge < -0.3 is 15.2 Å². The molecule has 8 heteroatoms. The summed E-state index contributed by atoms with van der Waals surface area (Å²) in [7, 11) is 3.44. The van der Waals surface area contributed by atoms with Crippen molar-refractivity contribution in [2.45, 2.75) is 13.0 Å². The van der Waals surface area contributed by atoms with E-state index in [4.69, 9.17) is 0 Å². The summed E-state index contributed by atoms with van der Waals surface area (Å²) in [6.07, 6.45) is 6.18. The minimum atomic E-state index is -0.263. The van der Waals surface area contributed by atoms with Crippen LogP contribution >= 0.6 is 0 Å². The zero-order valence-corrected chi connectivity index (χ0v) is 13.7. The van der Waals surface area contributed by atoms with Crippen molar-refractivity contribution in [2.75, 3.05) is 11.9 Å². The first kappa shape index (κ1) is 15.9. The zero-order chi connectivity index (χ0) is 17.1. The first-order valence-electron chi connectivity index (χ1n) is 7.72. The van der Waals surface area contributed by atoms with Crippen molar-refractivity contribution in [3.8, 4) is 0 Å². The number of hydrogen-bond donors (Lipinski definition) is 2. The predicted molar refractivity (Wildman–Crippen MR) is 92.0 cm³/mol. The first-order chi connectivity index (χ1) is 11.6. The van der Waals surface area contributed by atoms with E-state index in [9.17, 15) is 9.59 Å². The lowest BCUT2D eigenvalue weighted by Crippen LogP contribution is -2.30. The number of aryl methyl sites for hydroxylation is 3. The molecule has 2 amide bonds. The molecule has 0 spiro atoms. The Balaban J connectivity index is 1.57. The molecule has 3 rings (SSSR count). The van der Waals surface area contributed by atoms with E-state index in [1.807, 2.05) is 16.8 Å². The lowest BCUT2D eigenvalue weighted by atomic mass is 10.2. The number of fused-ring (bicyclic) bond motifs is 1. The number of carbonyl (C=O) groups is 1. The standard InChI is InChI=1S/C16H20N6O2/c1-20-13-5-4-12(10-14(13)21(2)16(20)24)19-15(23)18-6-3-8-22-9-7-17-11-22/h4-5,7,9-11H,3,6,8H2,1-2H3,(H2,18,19,23). The van der Waals surface area contributed by atoms with Gasteiger partial charge >= 0.3 is 11.7 Å². The SMILES string of the molecule is Cn1c(=O)n(C)c2cc(NC(=O)NCCCn3ccnc3)ccc21. The highest BCUT2D eigenvalue weighted by Gasteiger charge is 2.09. The van der Waals surface area contributed by atoms with Gasteiger partial charge in [0.25, 0.3) is 0 Å². The number of nitrogens with zero attached hydrogens (tertiary/aromatic N) is 4. The Morgan fingerprint density at radius 3 is 2.75 bits per heavy atom. The molecular formula is C16H20N6O2. The molecule has 0 atom stereocenters. The lowest BCUT2D eigenvalue weighted by molar-refractivity contribution is 0.252. The molecule has 0 bridgehead atoms. The minimum Gasteiger partial charge on any atom is -0.338 e. The molecule has 8 nitrogen and oxygen atoms in total. The Morgan fingerprint density at radius 1 is 1.21 bits per heavy atom. The number of urea groups is 1. The van der Waals surface area contributed by atoms with E-state index in [-0.39, 0.29) is 11.7 Å². The van der Waals surface area contributed by atoms with Gasteiger partial charge in [-0.3, -0.25) is 9.13 Å². The van der Waals surface area contributed by atoms with Gasteiger partial charge in [-0.25, -0.2) is 14.6 Å². The molecule has 0 saturated carbocycles. The van der Waals surface area contributed by atoms with Crippen LogP contribution in [0.15, 0.2) is 41.7 Å². The zero-order valence-electron chi connectivity index (χ0n) is 13.7. The van der Waals surface area contributed by atoms with Crippen LogP contribution < -0.4 is 16.3 Å². The Morgan fingerprint density at radius 2 is 2.00 bits per heavy atom. The van der Waals surface area contributed by atoms with Crippen LogP contribution in [0.5, 0.6) is 0 Å². The molecule has 3 aromatic rings. The van der Waals surface area contributed by atoms with Crippen LogP contribution in [0.4, 0.5) is 10.5 Å². The van der Waals surface area contributed by atoms with E-state index in [1.54, 1.807) is 47.9 Å². The molecule has 0 radical (unpaired) electrons. The number of aromatic nitrogens is 4. The highest BCUT2D eigenvalue weighted by atomic mass is 16.2. The van der Waals surface area contributed by atoms with Gasteiger partial charge in [0.15, 0.2) is 0 Å². The third kappa shape index (κ3) is 3.17. The van der Waals surface area contributed by atoms with E-state index in [0.717, 1.165) is 24.0 Å². The number of benzene rings is 1. The fourth-order valence-corrected chi connectivity index (χ4v) is 2.64. The Kier molecular flexibility index (Phi) is 4.37. The molecule has 0 saturated heterocycles. The largest absolute Gasteiger partial charge is 0.338 e. The molecule has 0 aliphatic heterocycles. The minimum absolute atomic E-state index is 0.0916. The smallest absolute Gasteiger partial charge is 0.328 e. The summed E-state index contributed by atoms with van der Waals surface area (Å²) >= 11 is 0. The Bertz CT molecular complexity index is 907. The van der Waals surface area contributed by atoms with Gasteiger partial charge in [0.1, 0.15) is 0 Å².